The lowest BCUT2D eigenvalue weighted by atomic mass is 9.98. The van der Waals surface area contributed by atoms with Crippen LogP contribution in [0, 0.1) is 17.5 Å². The molecule has 2 aromatic carbocycles. The maximum Gasteiger partial charge on any atom is 0.346 e. The Labute approximate surface area is 135 Å². The predicted octanol–water partition coefficient (Wildman–Crippen LogP) is 5.62. The minimum atomic E-state index is -3.40. The first-order valence-corrected chi connectivity index (χ1v) is 7.34. The molecule has 8 heteroatoms. The van der Waals surface area contributed by atoms with Crippen LogP contribution in [0.1, 0.15) is 21.7 Å². The molecule has 24 heavy (non-hydrogen) atoms. The van der Waals surface area contributed by atoms with Gasteiger partial charge in [0.25, 0.3) is 6.43 Å². The van der Waals surface area contributed by atoms with Crippen molar-refractivity contribution in [1.29, 1.82) is 0 Å². The van der Waals surface area contributed by atoms with Crippen LogP contribution in [-0.2, 0) is 0 Å². The number of halogens is 5. The van der Waals surface area contributed by atoms with Gasteiger partial charge in [-0.1, -0.05) is 0 Å². The molecule has 0 spiro atoms. The fourth-order valence-corrected chi connectivity index (χ4v) is 3.53. The Morgan fingerprint density at radius 3 is 2.42 bits per heavy atom. The van der Waals surface area contributed by atoms with Crippen LogP contribution in [0.3, 0.4) is 0 Å². The van der Waals surface area contributed by atoms with E-state index in [2.05, 4.69) is 0 Å². The van der Waals surface area contributed by atoms with Crippen molar-refractivity contribution < 1.29 is 31.9 Å². The Kier molecular flexibility index (Phi) is 4.00. The van der Waals surface area contributed by atoms with Gasteiger partial charge in [-0.25, -0.2) is 26.7 Å². The average molecular weight is 358 g/mol. The third-order valence-electron chi connectivity index (χ3n) is 3.46. The molecule has 0 aliphatic heterocycles. The summed E-state index contributed by atoms with van der Waals surface area (Å²) in [6.45, 7) is 0. The van der Waals surface area contributed by atoms with E-state index < -0.39 is 41.0 Å². The molecular weight excluding hydrogens is 351 g/mol. The van der Waals surface area contributed by atoms with Crippen molar-refractivity contribution in [3.63, 3.8) is 0 Å². The number of aromatic carboxylic acids is 1. The third-order valence-corrected chi connectivity index (χ3v) is 4.60. The van der Waals surface area contributed by atoms with Crippen LogP contribution < -0.4 is 0 Å². The highest BCUT2D eigenvalue weighted by Gasteiger charge is 2.27. The van der Waals surface area contributed by atoms with Gasteiger partial charge in [0.15, 0.2) is 0 Å². The number of hydrogen-bond acceptors (Lipinski definition) is 2. The number of carboxylic acid groups (broad SMARTS) is 1. The molecule has 0 amide bonds. The van der Waals surface area contributed by atoms with Crippen molar-refractivity contribution in [2.75, 3.05) is 0 Å². The summed E-state index contributed by atoms with van der Waals surface area (Å²) < 4.78 is 67.2. The van der Waals surface area contributed by atoms with Crippen LogP contribution in [0.15, 0.2) is 30.3 Å². The maximum absolute atomic E-state index is 14.4. The highest BCUT2D eigenvalue weighted by Crippen LogP contribution is 2.42. The highest BCUT2D eigenvalue weighted by molar-refractivity contribution is 7.21. The molecule has 1 aromatic heterocycles. The lowest BCUT2D eigenvalue weighted by molar-refractivity contribution is 0.0703. The van der Waals surface area contributed by atoms with Crippen LogP contribution in [0.25, 0.3) is 21.2 Å². The molecule has 0 unspecified atom stereocenters. The van der Waals surface area contributed by atoms with Crippen LogP contribution in [0.2, 0.25) is 0 Å². The Bertz CT molecular complexity index is 965. The van der Waals surface area contributed by atoms with Gasteiger partial charge < -0.3 is 5.11 Å². The zero-order chi connectivity index (χ0) is 17.6. The van der Waals surface area contributed by atoms with Gasteiger partial charge in [-0.2, -0.15) is 0 Å². The minimum absolute atomic E-state index is 0.179. The van der Waals surface area contributed by atoms with E-state index in [-0.39, 0.29) is 20.5 Å². The quantitative estimate of drug-likeness (QED) is 0.617. The van der Waals surface area contributed by atoms with E-state index in [0.29, 0.717) is 17.4 Å². The molecule has 0 aliphatic carbocycles. The maximum atomic E-state index is 14.4. The van der Waals surface area contributed by atoms with Crippen molar-refractivity contribution in [2.24, 2.45) is 0 Å². The molecule has 0 radical (unpaired) electrons. The number of fused-ring (bicyclic) bond motifs is 1. The van der Waals surface area contributed by atoms with Gasteiger partial charge in [0.2, 0.25) is 0 Å². The highest BCUT2D eigenvalue weighted by atomic mass is 32.1. The number of carbonyl (C=O) groups is 1. The molecule has 0 saturated carbocycles. The molecule has 1 N–H and O–H groups in total. The summed E-state index contributed by atoms with van der Waals surface area (Å²) in [5.74, 6) is -5.00. The van der Waals surface area contributed by atoms with Crippen molar-refractivity contribution in [1.82, 2.24) is 0 Å². The summed E-state index contributed by atoms with van der Waals surface area (Å²) in [6.07, 6.45) is -3.40. The van der Waals surface area contributed by atoms with Gasteiger partial charge in [-0.3, -0.25) is 0 Å². The molecule has 124 valence electrons. The predicted molar refractivity (Wildman–Crippen MR) is 79.1 cm³/mol. The van der Waals surface area contributed by atoms with Gasteiger partial charge in [0.1, 0.15) is 22.3 Å². The summed E-state index contributed by atoms with van der Waals surface area (Å²) in [7, 11) is 0. The lowest BCUT2D eigenvalue weighted by Crippen LogP contribution is -2.01. The van der Waals surface area contributed by atoms with Gasteiger partial charge in [0.05, 0.1) is 5.56 Å². The van der Waals surface area contributed by atoms with Gasteiger partial charge in [-0.15, -0.1) is 11.3 Å². The minimum Gasteiger partial charge on any atom is -0.477 e. The largest absolute Gasteiger partial charge is 0.477 e. The van der Waals surface area contributed by atoms with Crippen molar-refractivity contribution in [3.8, 4) is 11.1 Å². The van der Waals surface area contributed by atoms with Crippen molar-refractivity contribution >= 4 is 27.4 Å². The number of alkyl halides is 2. The summed E-state index contributed by atoms with van der Waals surface area (Å²) in [5, 5.41) is 9.48. The van der Waals surface area contributed by atoms with Crippen LogP contribution in [0.5, 0.6) is 0 Å². The normalized spacial score (nSPS) is 11.4. The zero-order valence-corrected chi connectivity index (χ0v) is 12.4. The Morgan fingerprint density at radius 2 is 1.79 bits per heavy atom. The van der Waals surface area contributed by atoms with E-state index in [0.717, 1.165) is 18.2 Å². The molecule has 0 bridgehead atoms. The van der Waals surface area contributed by atoms with Crippen molar-refractivity contribution in [2.45, 2.75) is 6.43 Å². The van der Waals surface area contributed by atoms with Crippen LogP contribution in [-0.4, -0.2) is 11.1 Å². The molecule has 3 aromatic rings. The first-order valence-electron chi connectivity index (χ1n) is 6.53. The third kappa shape index (κ3) is 2.52. The molecule has 0 aliphatic rings. The number of carboxylic acids is 1. The smallest absolute Gasteiger partial charge is 0.346 e. The van der Waals surface area contributed by atoms with E-state index in [1.807, 2.05) is 0 Å². The van der Waals surface area contributed by atoms with E-state index in [1.54, 1.807) is 0 Å². The summed E-state index contributed by atoms with van der Waals surface area (Å²) in [6, 6.07) is 4.88. The first-order chi connectivity index (χ1) is 11.3. The van der Waals surface area contributed by atoms with E-state index in [9.17, 15) is 31.9 Å². The van der Waals surface area contributed by atoms with E-state index >= 15 is 0 Å². The Hall–Kier alpha value is -2.48. The molecule has 3 rings (SSSR count). The summed E-state index contributed by atoms with van der Waals surface area (Å²) >= 11 is 0.681. The fourth-order valence-electron chi connectivity index (χ4n) is 2.45. The average Bonchev–Trinajstić information content (AvgIpc) is 2.85. The Morgan fingerprint density at radius 1 is 1.08 bits per heavy atom. The summed E-state index contributed by atoms with van der Waals surface area (Å²) in [4.78, 5) is 11.1. The van der Waals surface area contributed by atoms with Crippen molar-refractivity contribution in [3.05, 3.63) is 58.2 Å². The second-order valence-corrected chi connectivity index (χ2v) is 5.93. The van der Waals surface area contributed by atoms with E-state index in [1.165, 1.54) is 6.07 Å². The van der Waals surface area contributed by atoms with Gasteiger partial charge >= 0.3 is 5.97 Å². The first kappa shape index (κ1) is 16.4. The molecular formula is C16H7F5O2S. The van der Waals surface area contributed by atoms with Gasteiger partial charge in [-0.05, 0) is 30.3 Å². The molecule has 1 heterocycles. The lowest BCUT2D eigenvalue weighted by Gasteiger charge is -2.10. The molecule has 0 atom stereocenters. The van der Waals surface area contributed by atoms with Crippen LogP contribution >= 0.6 is 11.3 Å². The number of benzene rings is 2. The van der Waals surface area contributed by atoms with E-state index in [4.69, 9.17) is 0 Å². The Balaban J connectivity index is 2.40. The number of hydrogen-bond donors (Lipinski definition) is 1. The zero-order valence-electron chi connectivity index (χ0n) is 11.6. The SMILES string of the molecule is O=C(O)c1sc2cc(F)ccc2c1-c1ccc(F)c(C(F)F)c1F. The second-order valence-electron chi connectivity index (χ2n) is 4.88. The molecule has 0 fully saturated rings. The number of rotatable bonds is 3. The number of thiophene rings is 1. The molecule has 0 saturated heterocycles. The second kappa shape index (κ2) is 5.86. The monoisotopic (exact) mass is 358 g/mol. The molecule has 2 nitrogen and oxygen atoms in total. The van der Waals surface area contributed by atoms with Gasteiger partial charge in [0, 0.05) is 21.2 Å². The summed E-state index contributed by atoms with van der Waals surface area (Å²) in [5.41, 5.74) is -2.07. The van der Waals surface area contributed by atoms with Crippen LogP contribution in [0.4, 0.5) is 22.0 Å². The standard InChI is InChI=1S/C16H7F5O2S/c17-6-1-2-7-10(5-6)24-14(16(22)23)11(7)8-3-4-9(18)12(13(8)19)15(20)21/h1-5,15H,(H,22,23). The fraction of sp³-hybridized carbons (Fsp3) is 0.0625. The topological polar surface area (TPSA) is 37.3 Å².